The molecule has 146 valence electrons. The van der Waals surface area contributed by atoms with Gasteiger partial charge in [-0.2, -0.15) is 0 Å². The molecule has 2 N–H and O–H groups in total. The summed E-state index contributed by atoms with van der Waals surface area (Å²) in [6.45, 7) is 3.91. The predicted octanol–water partition coefficient (Wildman–Crippen LogP) is 1.79. The van der Waals surface area contributed by atoms with Crippen molar-refractivity contribution in [3.05, 3.63) is 29.8 Å². The first-order chi connectivity index (χ1) is 13.0. The zero-order valence-corrected chi connectivity index (χ0v) is 15.7. The number of amides is 3. The van der Waals surface area contributed by atoms with Gasteiger partial charge in [0.1, 0.15) is 0 Å². The molecular formula is C20H27N3O4. The van der Waals surface area contributed by atoms with Gasteiger partial charge in [0, 0.05) is 50.3 Å². The van der Waals surface area contributed by atoms with E-state index in [1.807, 2.05) is 0 Å². The summed E-state index contributed by atoms with van der Waals surface area (Å²) in [5.74, 6) is -0.235. The number of carbonyl (C=O) groups excluding carboxylic acids is 3. The molecule has 2 aliphatic rings. The Labute approximate surface area is 159 Å². The minimum absolute atomic E-state index is 0.0545. The Kier molecular flexibility index (Phi) is 6.45. The first kappa shape index (κ1) is 19.4. The van der Waals surface area contributed by atoms with E-state index in [0.717, 1.165) is 19.4 Å². The fourth-order valence-electron chi connectivity index (χ4n) is 3.62. The number of hydrogen-bond acceptors (Lipinski definition) is 4. The molecule has 1 unspecified atom stereocenters. The molecule has 2 fully saturated rings. The normalized spacial score (nSPS) is 20.3. The second-order valence-corrected chi connectivity index (χ2v) is 7.21. The lowest BCUT2D eigenvalue weighted by atomic mass is 9.95. The van der Waals surface area contributed by atoms with Crippen LogP contribution in [0.15, 0.2) is 24.3 Å². The van der Waals surface area contributed by atoms with Crippen LogP contribution in [0.2, 0.25) is 0 Å². The molecule has 0 bridgehead atoms. The molecule has 0 spiro atoms. The van der Waals surface area contributed by atoms with Crippen LogP contribution in [0, 0.1) is 5.92 Å². The fraction of sp³-hybridized carbons (Fsp3) is 0.550. The van der Waals surface area contributed by atoms with E-state index in [9.17, 15) is 14.4 Å². The highest BCUT2D eigenvalue weighted by atomic mass is 16.5. The number of rotatable bonds is 5. The average Bonchev–Trinajstić information content (AvgIpc) is 3.19. The Morgan fingerprint density at radius 3 is 2.63 bits per heavy atom. The number of likely N-dealkylation sites (tertiary alicyclic amines) is 1. The van der Waals surface area contributed by atoms with E-state index in [-0.39, 0.29) is 29.7 Å². The van der Waals surface area contributed by atoms with Crippen molar-refractivity contribution in [2.75, 3.05) is 31.6 Å². The highest BCUT2D eigenvalue weighted by Crippen LogP contribution is 2.21. The van der Waals surface area contributed by atoms with E-state index < -0.39 is 0 Å². The lowest BCUT2D eigenvalue weighted by molar-refractivity contribution is -0.126. The van der Waals surface area contributed by atoms with Crippen LogP contribution in [0.25, 0.3) is 0 Å². The Balaban J connectivity index is 1.48. The van der Waals surface area contributed by atoms with Gasteiger partial charge in [-0.1, -0.05) is 6.07 Å². The van der Waals surface area contributed by atoms with Gasteiger partial charge in [0.15, 0.2) is 0 Å². The third-order valence-electron chi connectivity index (χ3n) is 5.11. The first-order valence-corrected chi connectivity index (χ1v) is 9.59. The summed E-state index contributed by atoms with van der Waals surface area (Å²) in [4.78, 5) is 38.0. The summed E-state index contributed by atoms with van der Waals surface area (Å²) >= 11 is 0. The Morgan fingerprint density at radius 1 is 1.19 bits per heavy atom. The van der Waals surface area contributed by atoms with Gasteiger partial charge < -0.3 is 20.3 Å². The van der Waals surface area contributed by atoms with Crippen LogP contribution in [0.5, 0.6) is 0 Å². The van der Waals surface area contributed by atoms with Gasteiger partial charge in [-0.25, -0.2) is 0 Å². The molecule has 1 aromatic rings. The number of carbonyl (C=O) groups is 3. The van der Waals surface area contributed by atoms with Gasteiger partial charge in [-0.3, -0.25) is 14.4 Å². The maximum absolute atomic E-state index is 12.7. The second kappa shape index (κ2) is 8.99. The lowest BCUT2D eigenvalue weighted by Crippen LogP contribution is -2.44. The molecule has 3 rings (SSSR count). The van der Waals surface area contributed by atoms with Crippen LogP contribution in [-0.4, -0.2) is 55.0 Å². The molecule has 2 saturated heterocycles. The monoisotopic (exact) mass is 373 g/mol. The molecule has 0 aliphatic carbocycles. The van der Waals surface area contributed by atoms with Crippen LogP contribution in [-0.2, 0) is 14.3 Å². The maximum Gasteiger partial charge on any atom is 0.253 e. The van der Waals surface area contributed by atoms with E-state index in [0.29, 0.717) is 43.7 Å². The topological polar surface area (TPSA) is 87.7 Å². The highest BCUT2D eigenvalue weighted by Gasteiger charge is 2.28. The highest BCUT2D eigenvalue weighted by molar-refractivity contribution is 5.97. The molecular weight excluding hydrogens is 346 g/mol. The van der Waals surface area contributed by atoms with E-state index in [4.69, 9.17) is 4.74 Å². The van der Waals surface area contributed by atoms with E-state index in [2.05, 4.69) is 10.6 Å². The van der Waals surface area contributed by atoms with Gasteiger partial charge in [0.05, 0.1) is 6.10 Å². The summed E-state index contributed by atoms with van der Waals surface area (Å²) in [6, 6.07) is 6.94. The quantitative estimate of drug-likeness (QED) is 0.824. The van der Waals surface area contributed by atoms with Crippen LogP contribution < -0.4 is 10.6 Å². The predicted molar refractivity (Wildman–Crippen MR) is 101 cm³/mol. The average molecular weight is 373 g/mol. The summed E-state index contributed by atoms with van der Waals surface area (Å²) in [5.41, 5.74) is 1.15. The van der Waals surface area contributed by atoms with Crippen molar-refractivity contribution in [2.45, 2.75) is 38.7 Å². The molecule has 0 radical (unpaired) electrons. The van der Waals surface area contributed by atoms with Crippen molar-refractivity contribution in [2.24, 2.45) is 5.92 Å². The Hall–Kier alpha value is -2.41. The van der Waals surface area contributed by atoms with E-state index >= 15 is 0 Å². The largest absolute Gasteiger partial charge is 0.376 e. The number of anilines is 1. The fourth-order valence-corrected chi connectivity index (χ4v) is 3.62. The van der Waals surface area contributed by atoms with Gasteiger partial charge in [-0.15, -0.1) is 0 Å². The van der Waals surface area contributed by atoms with Gasteiger partial charge in [0.2, 0.25) is 11.8 Å². The number of piperidine rings is 1. The van der Waals surface area contributed by atoms with Gasteiger partial charge in [-0.05, 0) is 43.9 Å². The second-order valence-electron chi connectivity index (χ2n) is 7.21. The van der Waals surface area contributed by atoms with Crippen LogP contribution in [0.4, 0.5) is 5.69 Å². The molecule has 7 nitrogen and oxygen atoms in total. The number of nitrogens with one attached hydrogen (secondary N) is 2. The van der Waals surface area contributed by atoms with Gasteiger partial charge >= 0.3 is 0 Å². The zero-order valence-electron chi connectivity index (χ0n) is 15.7. The summed E-state index contributed by atoms with van der Waals surface area (Å²) < 4.78 is 5.53. The molecule has 27 heavy (non-hydrogen) atoms. The molecule has 7 heteroatoms. The standard InChI is InChI=1S/C20H27N3O4/c1-14(24)22-17-5-2-4-16(12-17)20(26)23-9-7-15(8-10-23)19(25)21-13-18-6-3-11-27-18/h2,4-5,12,15,18H,3,6-11,13H2,1H3,(H,21,25)(H,22,24). The van der Waals surface area contributed by atoms with Crippen molar-refractivity contribution < 1.29 is 19.1 Å². The molecule has 2 aliphatic heterocycles. The molecule has 1 aromatic carbocycles. The summed E-state index contributed by atoms with van der Waals surface area (Å²) in [7, 11) is 0. The maximum atomic E-state index is 12.7. The van der Waals surface area contributed by atoms with Crippen molar-refractivity contribution in [3.63, 3.8) is 0 Å². The number of ether oxygens (including phenoxy) is 1. The molecule has 2 heterocycles. The molecule has 3 amide bonds. The van der Waals surface area contributed by atoms with Crippen LogP contribution in [0.3, 0.4) is 0 Å². The number of hydrogen-bond donors (Lipinski definition) is 2. The Morgan fingerprint density at radius 2 is 1.96 bits per heavy atom. The third-order valence-corrected chi connectivity index (χ3v) is 5.11. The zero-order chi connectivity index (χ0) is 19.2. The van der Waals surface area contributed by atoms with Crippen molar-refractivity contribution in [3.8, 4) is 0 Å². The van der Waals surface area contributed by atoms with E-state index in [1.54, 1.807) is 29.2 Å². The molecule has 0 saturated carbocycles. The number of nitrogens with zero attached hydrogens (tertiary/aromatic N) is 1. The number of benzene rings is 1. The minimum atomic E-state index is -0.172. The molecule has 1 atom stereocenters. The SMILES string of the molecule is CC(=O)Nc1cccc(C(=O)N2CCC(C(=O)NCC3CCCO3)CC2)c1. The smallest absolute Gasteiger partial charge is 0.253 e. The van der Waals surface area contributed by atoms with Crippen molar-refractivity contribution >= 4 is 23.4 Å². The van der Waals surface area contributed by atoms with Gasteiger partial charge in [0.25, 0.3) is 5.91 Å². The van der Waals surface area contributed by atoms with Crippen molar-refractivity contribution in [1.29, 1.82) is 0 Å². The van der Waals surface area contributed by atoms with Crippen LogP contribution >= 0.6 is 0 Å². The van der Waals surface area contributed by atoms with Crippen LogP contribution in [0.1, 0.15) is 43.0 Å². The lowest BCUT2D eigenvalue weighted by Gasteiger charge is -2.31. The summed E-state index contributed by atoms with van der Waals surface area (Å²) in [6.07, 6.45) is 3.53. The van der Waals surface area contributed by atoms with Crippen molar-refractivity contribution in [1.82, 2.24) is 10.2 Å². The molecule has 0 aromatic heterocycles. The first-order valence-electron chi connectivity index (χ1n) is 9.59. The summed E-state index contributed by atoms with van der Waals surface area (Å²) in [5, 5.41) is 5.68. The third kappa shape index (κ3) is 5.29. The van der Waals surface area contributed by atoms with E-state index in [1.165, 1.54) is 6.92 Å². The minimum Gasteiger partial charge on any atom is -0.376 e. The Bertz CT molecular complexity index is 692.